The molecule has 30 heavy (non-hydrogen) atoms. The molecule has 0 saturated carbocycles. The number of rotatable bonds is 3. The van der Waals surface area contributed by atoms with Crippen molar-refractivity contribution in [1.82, 2.24) is 4.98 Å². The van der Waals surface area contributed by atoms with Crippen LogP contribution in [0.3, 0.4) is 0 Å². The minimum Gasteiger partial charge on any atom is -0.508 e. The number of benzene rings is 2. The Morgan fingerprint density at radius 3 is 2.70 bits per heavy atom. The lowest BCUT2D eigenvalue weighted by molar-refractivity contribution is 0.102. The van der Waals surface area contributed by atoms with Crippen LogP contribution in [0.15, 0.2) is 70.1 Å². The first kappa shape index (κ1) is 19.3. The minimum absolute atomic E-state index is 0.000112. The smallest absolute Gasteiger partial charge is 0.262 e. The second kappa shape index (κ2) is 7.79. The number of anilines is 1. The predicted octanol–water partition coefficient (Wildman–Crippen LogP) is 4.77. The van der Waals surface area contributed by atoms with Crippen LogP contribution in [0.25, 0.3) is 11.0 Å². The van der Waals surface area contributed by atoms with Crippen molar-refractivity contribution >= 4 is 28.4 Å². The average Bonchev–Trinajstić information content (AvgIpc) is 2.69. The number of hydrogen-bond acceptors (Lipinski definition) is 5. The number of nitrogens with one attached hydrogen (secondary N) is 1. The van der Waals surface area contributed by atoms with Gasteiger partial charge in [-0.25, -0.2) is 14.4 Å². The fraction of sp³-hybridized carbons (Fsp3) is 0.0870. The Balaban J connectivity index is 1.88. The lowest BCUT2D eigenvalue weighted by Gasteiger charge is -2.07. The zero-order valence-electron chi connectivity index (χ0n) is 16.3. The lowest BCUT2D eigenvalue weighted by atomic mass is 10.1. The highest BCUT2D eigenvalue weighted by molar-refractivity contribution is 6.05. The Morgan fingerprint density at radius 2 is 1.93 bits per heavy atom. The summed E-state index contributed by atoms with van der Waals surface area (Å²) in [5.41, 5.74) is 1.86. The number of nitrogens with zero attached hydrogens (tertiary/aromatic N) is 2. The highest BCUT2D eigenvalue weighted by Gasteiger charge is 2.15. The second-order valence-corrected chi connectivity index (χ2v) is 6.87. The van der Waals surface area contributed by atoms with Gasteiger partial charge in [-0.2, -0.15) is 0 Å². The van der Waals surface area contributed by atoms with Gasteiger partial charge in [0.15, 0.2) is 0 Å². The van der Waals surface area contributed by atoms with Gasteiger partial charge in [0.2, 0.25) is 5.55 Å². The van der Waals surface area contributed by atoms with Gasteiger partial charge >= 0.3 is 0 Å². The van der Waals surface area contributed by atoms with E-state index in [-0.39, 0.29) is 22.6 Å². The maximum absolute atomic E-state index is 14.4. The Kier molecular flexibility index (Phi) is 5.02. The van der Waals surface area contributed by atoms with Crippen LogP contribution >= 0.6 is 0 Å². The molecular weight excluding hydrogens is 385 g/mol. The van der Waals surface area contributed by atoms with Crippen LogP contribution in [-0.2, 0) is 0 Å². The molecule has 2 aromatic carbocycles. The summed E-state index contributed by atoms with van der Waals surface area (Å²) >= 11 is 0. The van der Waals surface area contributed by atoms with Crippen LogP contribution in [0.5, 0.6) is 5.75 Å². The first-order valence-electron chi connectivity index (χ1n) is 9.22. The monoisotopic (exact) mass is 403 g/mol. The third kappa shape index (κ3) is 4.05. The van der Waals surface area contributed by atoms with E-state index in [9.17, 15) is 14.3 Å². The molecule has 7 heteroatoms. The molecule has 2 heterocycles. The number of hydrogen-bond donors (Lipinski definition) is 2. The molecule has 0 bridgehead atoms. The van der Waals surface area contributed by atoms with Gasteiger partial charge in [0, 0.05) is 17.1 Å². The normalized spacial score (nSPS) is 11.6. The Bertz CT molecular complexity index is 1350. The molecule has 0 fully saturated rings. The number of aromatic nitrogens is 1. The molecule has 1 amide bonds. The number of fused-ring (bicyclic) bond motifs is 1. The summed E-state index contributed by atoms with van der Waals surface area (Å²) in [7, 11) is 0. The molecule has 0 aliphatic rings. The third-order valence-electron chi connectivity index (χ3n) is 4.43. The van der Waals surface area contributed by atoms with Crippen molar-refractivity contribution < 1.29 is 18.7 Å². The number of phenolic OH excluding ortho intramolecular Hbond substituents is 1. The van der Waals surface area contributed by atoms with E-state index in [0.717, 1.165) is 11.3 Å². The molecular formula is C23H18FN3O3. The molecule has 2 N–H and O–H groups in total. The summed E-state index contributed by atoms with van der Waals surface area (Å²) in [6.45, 7) is 3.58. The molecule has 0 spiro atoms. The zero-order chi connectivity index (χ0) is 21.3. The molecule has 0 radical (unpaired) electrons. The van der Waals surface area contributed by atoms with Gasteiger partial charge in [0.25, 0.3) is 5.91 Å². The Labute approximate surface area is 171 Å². The number of phenols is 1. The lowest BCUT2D eigenvalue weighted by Crippen LogP contribution is -2.22. The topological polar surface area (TPSA) is 87.7 Å². The molecule has 0 saturated heterocycles. The predicted molar refractivity (Wildman–Crippen MR) is 111 cm³/mol. The molecule has 0 unspecified atom stereocenters. The minimum atomic E-state index is -0.534. The Hall–Kier alpha value is -4.00. The number of carbonyl (C=O) groups excluding carboxylic acids is 1. The zero-order valence-corrected chi connectivity index (χ0v) is 16.3. The standard InChI is InChI=1S/C23H18FN3O3/c1-13-6-9-19(18(24)10-13)26-23-17(11-15-7-8-16(28)12-20(15)30-23)22(29)27-21-5-3-4-14(2)25-21/h3-12,28H,1-2H3,(H,25,27,29). The van der Waals surface area contributed by atoms with Gasteiger partial charge < -0.3 is 14.8 Å². The van der Waals surface area contributed by atoms with E-state index >= 15 is 0 Å². The van der Waals surface area contributed by atoms with Gasteiger partial charge in [0.05, 0.1) is 0 Å². The van der Waals surface area contributed by atoms with E-state index in [4.69, 9.17) is 4.42 Å². The van der Waals surface area contributed by atoms with Crippen molar-refractivity contribution in [3.05, 3.63) is 88.9 Å². The van der Waals surface area contributed by atoms with Gasteiger partial charge in [0.1, 0.15) is 34.2 Å². The van der Waals surface area contributed by atoms with Crippen LogP contribution < -0.4 is 10.9 Å². The highest BCUT2D eigenvalue weighted by Crippen LogP contribution is 2.22. The van der Waals surface area contributed by atoms with Gasteiger partial charge in [-0.3, -0.25) is 4.79 Å². The van der Waals surface area contributed by atoms with E-state index in [1.165, 1.54) is 24.3 Å². The third-order valence-corrected chi connectivity index (χ3v) is 4.43. The second-order valence-electron chi connectivity index (χ2n) is 6.87. The van der Waals surface area contributed by atoms with Crippen molar-refractivity contribution in [3.63, 3.8) is 0 Å². The number of aryl methyl sites for hydroxylation is 2. The highest BCUT2D eigenvalue weighted by atomic mass is 19.1. The molecule has 0 aliphatic heterocycles. The van der Waals surface area contributed by atoms with Crippen LogP contribution in [0.2, 0.25) is 0 Å². The Morgan fingerprint density at radius 1 is 1.10 bits per heavy atom. The van der Waals surface area contributed by atoms with Crippen LogP contribution in [0.1, 0.15) is 21.6 Å². The first-order chi connectivity index (χ1) is 14.4. The number of aromatic hydroxyl groups is 1. The van der Waals surface area contributed by atoms with E-state index in [1.807, 2.05) is 13.0 Å². The summed E-state index contributed by atoms with van der Waals surface area (Å²) in [6.07, 6.45) is 0. The number of halogens is 1. The fourth-order valence-electron chi connectivity index (χ4n) is 2.96. The van der Waals surface area contributed by atoms with E-state index in [2.05, 4.69) is 15.3 Å². The summed E-state index contributed by atoms with van der Waals surface area (Å²) in [5, 5.41) is 13.0. The van der Waals surface area contributed by atoms with Crippen LogP contribution in [-0.4, -0.2) is 16.0 Å². The van der Waals surface area contributed by atoms with Crippen molar-refractivity contribution in [2.24, 2.45) is 4.99 Å². The number of carbonyl (C=O) groups is 1. The molecule has 6 nitrogen and oxygen atoms in total. The summed E-state index contributed by atoms with van der Waals surface area (Å²) < 4.78 is 20.1. The summed E-state index contributed by atoms with van der Waals surface area (Å²) in [4.78, 5) is 21.5. The largest absolute Gasteiger partial charge is 0.508 e. The van der Waals surface area contributed by atoms with Gasteiger partial charge in [-0.15, -0.1) is 0 Å². The van der Waals surface area contributed by atoms with E-state index < -0.39 is 11.7 Å². The molecule has 2 aromatic heterocycles. The molecule has 0 atom stereocenters. The maximum Gasteiger partial charge on any atom is 0.262 e. The fourth-order valence-corrected chi connectivity index (χ4v) is 2.96. The van der Waals surface area contributed by atoms with Crippen molar-refractivity contribution in [3.8, 4) is 5.75 Å². The van der Waals surface area contributed by atoms with E-state index in [0.29, 0.717) is 16.8 Å². The summed E-state index contributed by atoms with van der Waals surface area (Å²) in [6, 6.07) is 15.9. The van der Waals surface area contributed by atoms with Gasteiger partial charge in [-0.05, 0) is 61.9 Å². The first-order valence-corrected chi connectivity index (χ1v) is 9.22. The SMILES string of the molecule is Cc1ccc(N=c2oc3cc(O)ccc3cc2C(=O)Nc2cccc(C)n2)c(F)c1. The van der Waals surface area contributed by atoms with Gasteiger partial charge in [-0.1, -0.05) is 12.1 Å². The quantitative estimate of drug-likeness (QED) is 0.516. The maximum atomic E-state index is 14.4. The van der Waals surface area contributed by atoms with Crippen molar-refractivity contribution in [2.45, 2.75) is 13.8 Å². The average molecular weight is 403 g/mol. The van der Waals surface area contributed by atoms with E-state index in [1.54, 1.807) is 37.3 Å². The molecule has 4 aromatic rings. The van der Waals surface area contributed by atoms with Crippen molar-refractivity contribution in [2.75, 3.05) is 5.32 Å². The number of amides is 1. The number of pyridine rings is 1. The van der Waals surface area contributed by atoms with Crippen molar-refractivity contribution in [1.29, 1.82) is 0 Å². The van der Waals surface area contributed by atoms with Crippen LogP contribution in [0, 0.1) is 19.7 Å². The molecule has 4 rings (SSSR count). The van der Waals surface area contributed by atoms with Crippen LogP contribution in [0.4, 0.5) is 15.9 Å². The summed E-state index contributed by atoms with van der Waals surface area (Å²) in [5.74, 6) is -0.663. The molecule has 150 valence electrons. The molecule has 0 aliphatic carbocycles.